The van der Waals surface area contributed by atoms with Crippen molar-refractivity contribution in [2.45, 2.75) is 85.2 Å². The average molecular weight is 546 g/mol. The van der Waals surface area contributed by atoms with Crippen LogP contribution in [0.3, 0.4) is 0 Å². The van der Waals surface area contributed by atoms with Gasteiger partial charge in [-0.3, -0.25) is 4.79 Å². The second-order valence-corrected chi connectivity index (χ2v) is 10.6. The SMILES string of the molecule is CCc1cc(N)c(OC)c(C[C@@H](C)CC(OC)[C@H](OC)[C@@H](C)/C=C(\C)[C@H](O)[C@H](/C=C(C)\C=C(/C)C=O)OC)c1. The molecule has 6 atom stereocenters. The summed E-state index contributed by atoms with van der Waals surface area (Å²) in [6.07, 6.45) is 7.12. The number of hydrogen-bond acceptors (Lipinski definition) is 7. The molecule has 1 aromatic rings. The smallest absolute Gasteiger partial charge is 0.145 e. The maximum Gasteiger partial charge on any atom is 0.145 e. The fourth-order valence-corrected chi connectivity index (χ4v) is 5.17. The molecule has 1 rings (SSSR count). The Balaban J connectivity index is 3.06. The summed E-state index contributed by atoms with van der Waals surface area (Å²) in [7, 11) is 6.62. The molecule has 1 unspecified atom stereocenters. The quantitative estimate of drug-likeness (QED) is 0.0878. The summed E-state index contributed by atoms with van der Waals surface area (Å²) in [6.45, 7) is 11.9. The number of ether oxygens (including phenoxy) is 4. The second kappa shape index (κ2) is 17.3. The minimum Gasteiger partial charge on any atom is -0.494 e. The Labute approximate surface area is 236 Å². The van der Waals surface area contributed by atoms with Gasteiger partial charge in [-0.15, -0.1) is 0 Å². The molecular formula is C32H51NO6. The zero-order valence-corrected chi connectivity index (χ0v) is 25.6. The Bertz CT molecular complexity index is 999. The molecule has 0 aliphatic carbocycles. The van der Waals surface area contributed by atoms with E-state index in [1.807, 2.05) is 32.1 Å². The topological polar surface area (TPSA) is 100 Å². The predicted molar refractivity (Wildman–Crippen MR) is 159 cm³/mol. The van der Waals surface area contributed by atoms with Crippen LogP contribution in [-0.4, -0.2) is 64.2 Å². The monoisotopic (exact) mass is 545 g/mol. The van der Waals surface area contributed by atoms with Crippen molar-refractivity contribution < 1.29 is 28.8 Å². The minimum absolute atomic E-state index is 0.0322. The number of aliphatic hydroxyl groups excluding tert-OH is 1. The molecule has 0 aliphatic rings. The molecule has 1 aromatic carbocycles. The van der Waals surface area contributed by atoms with E-state index >= 15 is 0 Å². The van der Waals surface area contributed by atoms with Crippen LogP contribution in [0.2, 0.25) is 0 Å². The minimum atomic E-state index is -0.849. The van der Waals surface area contributed by atoms with E-state index in [1.54, 1.807) is 41.4 Å². The van der Waals surface area contributed by atoms with Crippen LogP contribution in [0.1, 0.15) is 59.1 Å². The summed E-state index contributed by atoms with van der Waals surface area (Å²) in [5.74, 6) is 0.992. The number of carbonyl (C=O) groups is 1. The van der Waals surface area contributed by atoms with Gasteiger partial charge in [0.25, 0.3) is 0 Å². The fourth-order valence-electron chi connectivity index (χ4n) is 5.17. The van der Waals surface area contributed by atoms with Gasteiger partial charge in [0.15, 0.2) is 0 Å². The van der Waals surface area contributed by atoms with Crippen molar-refractivity contribution in [3.05, 3.63) is 58.2 Å². The Hall–Kier alpha value is -2.45. The summed E-state index contributed by atoms with van der Waals surface area (Å²) >= 11 is 0. The molecule has 0 heterocycles. The lowest BCUT2D eigenvalue weighted by atomic mass is 9.87. The molecule has 7 nitrogen and oxygen atoms in total. The molecule has 0 bridgehead atoms. The number of nitrogen functional groups attached to an aromatic ring is 1. The number of nitrogens with two attached hydrogens (primary N) is 1. The number of aliphatic hydroxyl groups is 1. The zero-order valence-electron chi connectivity index (χ0n) is 25.6. The fraction of sp³-hybridized carbons (Fsp3) is 0.594. The number of rotatable bonds is 17. The van der Waals surface area contributed by atoms with Gasteiger partial charge in [0.2, 0.25) is 0 Å². The lowest BCUT2D eigenvalue weighted by Gasteiger charge is -2.31. The molecule has 7 heteroatoms. The van der Waals surface area contributed by atoms with Crippen LogP contribution in [-0.2, 0) is 31.8 Å². The third kappa shape index (κ3) is 10.6. The molecule has 0 fully saturated rings. The lowest BCUT2D eigenvalue weighted by molar-refractivity contribution is -0.104. The summed E-state index contributed by atoms with van der Waals surface area (Å²) in [5.41, 5.74) is 11.4. The van der Waals surface area contributed by atoms with Gasteiger partial charge in [-0.05, 0) is 74.3 Å². The molecule has 3 N–H and O–H groups in total. The molecule has 0 saturated heterocycles. The van der Waals surface area contributed by atoms with Crippen LogP contribution in [0.15, 0.2) is 47.1 Å². The van der Waals surface area contributed by atoms with Crippen LogP contribution >= 0.6 is 0 Å². The highest BCUT2D eigenvalue weighted by Crippen LogP contribution is 2.32. The van der Waals surface area contributed by atoms with E-state index in [2.05, 4.69) is 26.8 Å². The van der Waals surface area contributed by atoms with Crippen molar-refractivity contribution >= 4 is 12.0 Å². The maximum absolute atomic E-state index is 11.0. The Morgan fingerprint density at radius 2 is 1.67 bits per heavy atom. The van der Waals surface area contributed by atoms with E-state index in [0.717, 1.165) is 48.0 Å². The first-order valence-corrected chi connectivity index (χ1v) is 13.7. The van der Waals surface area contributed by atoms with E-state index in [1.165, 1.54) is 5.56 Å². The van der Waals surface area contributed by atoms with Gasteiger partial charge < -0.3 is 29.8 Å². The second-order valence-electron chi connectivity index (χ2n) is 10.6. The number of benzene rings is 1. The largest absolute Gasteiger partial charge is 0.494 e. The first-order chi connectivity index (χ1) is 18.4. The lowest BCUT2D eigenvalue weighted by Crippen LogP contribution is -2.37. The zero-order chi connectivity index (χ0) is 29.7. The van der Waals surface area contributed by atoms with E-state index in [4.69, 9.17) is 24.7 Å². The molecule has 0 amide bonds. The summed E-state index contributed by atoms with van der Waals surface area (Å²) < 4.78 is 23.0. The van der Waals surface area contributed by atoms with Crippen LogP contribution in [0, 0.1) is 11.8 Å². The van der Waals surface area contributed by atoms with Crippen molar-refractivity contribution in [1.29, 1.82) is 0 Å². The van der Waals surface area contributed by atoms with Gasteiger partial charge >= 0.3 is 0 Å². The highest BCUT2D eigenvalue weighted by Gasteiger charge is 2.29. The predicted octanol–water partition coefficient (Wildman–Crippen LogP) is 5.49. The first kappa shape index (κ1) is 34.6. The maximum atomic E-state index is 11.0. The first-order valence-electron chi connectivity index (χ1n) is 13.7. The molecule has 39 heavy (non-hydrogen) atoms. The van der Waals surface area contributed by atoms with Crippen LogP contribution in [0.5, 0.6) is 5.75 Å². The van der Waals surface area contributed by atoms with Crippen molar-refractivity contribution in [1.82, 2.24) is 0 Å². The van der Waals surface area contributed by atoms with Crippen molar-refractivity contribution in [3.63, 3.8) is 0 Å². The molecule has 220 valence electrons. The van der Waals surface area contributed by atoms with Crippen molar-refractivity contribution in [2.75, 3.05) is 34.2 Å². The molecule has 0 spiro atoms. The molecular weight excluding hydrogens is 494 g/mol. The Morgan fingerprint density at radius 1 is 1.00 bits per heavy atom. The average Bonchev–Trinajstić information content (AvgIpc) is 2.90. The van der Waals surface area contributed by atoms with Gasteiger partial charge in [0.1, 0.15) is 24.2 Å². The van der Waals surface area contributed by atoms with Gasteiger partial charge in [-0.25, -0.2) is 0 Å². The van der Waals surface area contributed by atoms with Crippen LogP contribution in [0.4, 0.5) is 5.69 Å². The Morgan fingerprint density at radius 3 is 2.18 bits per heavy atom. The third-order valence-electron chi connectivity index (χ3n) is 7.17. The summed E-state index contributed by atoms with van der Waals surface area (Å²) in [4.78, 5) is 10.9. The number of aryl methyl sites for hydroxylation is 1. The molecule has 0 aliphatic heterocycles. The number of hydrogen-bond donors (Lipinski definition) is 2. The van der Waals surface area contributed by atoms with Gasteiger partial charge in [-0.1, -0.05) is 50.6 Å². The number of aldehydes is 1. The number of carbonyl (C=O) groups excluding carboxylic acids is 1. The highest BCUT2D eigenvalue weighted by molar-refractivity contribution is 5.73. The summed E-state index contributed by atoms with van der Waals surface area (Å²) in [6, 6.07) is 4.15. The van der Waals surface area contributed by atoms with Crippen LogP contribution in [0.25, 0.3) is 0 Å². The van der Waals surface area contributed by atoms with Gasteiger partial charge in [-0.2, -0.15) is 0 Å². The van der Waals surface area contributed by atoms with Gasteiger partial charge in [0.05, 0.1) is 25.0 Å². The normalized spacial score (nSPS) is 17.8. The number of allylic oxidation sites excluding steroid dienone is 3. The third-order valence-corrected chi connectivity index (χ3v) is 7.17. The van der Waals surface area contributed by atoms with Crippen molar-refractivity contribution in [3.8, 4) is 5.75 Å². The van der Waals surface area contributed by atoms with E-state index in [9.17, 15) is 9.90 Å². The van der Waals surface area contributed by atoms with E-state index in [0.29, 0.717) is 11.3 Å². The Kier molecular flexibility index (Phi) is 15.3. The summed E-state index contributed by atoms with van der Waals surface area (Å²) in [5, 5.41) is 11.0. The van der Waals surface area contributed by atoms with E-state index in [-0.39, 0.29) is 24.0 Å². The molecule has 0 radical (unpaired) electrons. The molecule has 0 saturated carbocycles. The number of anilines is 1. The highest BCUT2D eigenvalue weighted by atomic mass is 16.5. The standard InChI is InChI=1S/C32H51NO6/c1-11-25-17-26(32(39-10)27(33)18-25)13-21(3)15-29(37-8)31(38-9)24(6)16-23(5)30(35)28(36-7)14-20(2)12-22(4)19-34/h12,14,16-19,21,24,28-31,35H,11,13,15,33H2,1-10H3/b20-14-,22-12+,23-16+/t21-,24+,28+,29?,30+,31-/m1/s1. The van der Waals surface area contributed by atoms with Crippen molar-refractivity contribution in [2.24, 2.45) is 11.8 Å². The van der Waals surface area contributed by atoms with Gasteiger partial charge in [0, 0.05) is 27.2 Å². The van der Waals surface area contributed by atoms with E-state index < -0.39 is 12.2 Å². The van der Waals surface area contributed by atoms with Crippen LogP contribution < -0.4 is 10.5 Å². The number of methoxy groups -OCH3 is 4. The molecule has 0 aromatic heterocycles.